The minimum Gasteiger partial charge on any atom is -0.492 e. The lowest BCUT2D eigenvalue weighted by molar-refractivity contribution is -0.384. The number of carboxylic acids is 1. The van der Waals surface area contributed by atoms with Gasteiger partial charge >= 0.3 is 11.9 Å². The van der Waals surface area contributed by atoms with Gasteiger partial charge in [0, 0.05) is 23.8 Å². The van der Waals surface area contributed by atoms with Gasteiger partial charge < -0.3 is 14.6 Å². The molecule has 0 unspecified atom stereocenters. The lowest BCUT2D eigenvalue weighted by atomic mass is 10.1. The number of benzene rings is 1. The van der Waals surface area contributed by atoms with Crippen molar-refractivity contribution in [1.29, 1.82) is 0 Å². The van der Waals surface area contributed by atoms with Gasteiger partial charge in [-0.1, -0.05) is 0 Å². The highest BCUT2D eigenvalue weighted by atomic mass is 16.6. The van der Waals surface area contributed by atoms with Crippen molar-refractivity contribution in [2.75, 3.05) is 13.7 Å². The predicted molar refractivity (Wildman–Crippen MR) is 71.9 cm³/mol. The number of nitro groups is 1. The molecule has 0 aliphatic rings. The second kappa shape index (κ2) is 7.63. The van der Waals surface area contributed by atoms with Gasteiger partial charge in [-0.3, -0.25) is 14.9 Å². The van der Waals surface area contributed by atoms with Gasteiger partial charge in [-0.2, -0.15) is 0 Å². The van der Waals surface area contributed by atoms with E-state index in [1.54, 1.807) is 0 Å². The molecule has 0 atom stereocenters. The van der Waals surface area contributed by atoms with Crippen molar-refractivity contribution in [2.45, 2.75) is 6.42 Å². The van der Waals surface area contributed by atoms with Crippen LogP contribution in [-0.4, -0.2) is 35.7 Å². The van der Waals surface area contributed by atoms with Gasteiger partial charge in [0.1, 0.15) is 5.75 Å². The zero-order valence-corrected chi connectivity index (χ0v) is 11.1. The molecule has 0 bridgehead atoms. The van der Waals surface area contributed by atoms with E-state index in [2.05, 4.69) is 4.74 Å². The van der Waals surface area contributed by atoms with E-state index in [0.29, 0.717) is 0 Å². The molecular weight excluding hydrogens is 282 g/mol. The highest BCUT2D eigenvalue weighted by Crippen LogP contribution is 2.25. The summed E-state index contributed by atoms with van der Waals surface area (Å²) in [5, 5.41) is 19.3. The van der Waals surface area contributed by atoms with Crippen LogP contribution in [0.4, 0.5) is 5.69 Å². The zero-order chi connectivity index (χ0) is 15.8. The van der Waals surface area contributed by atoms with Crippen molar-refractivity contribution in [3.63, 3.8) is 0 Å². The van der Waals surface area contributed by atoms with Crippen LogP contribution in [0.1, 0.15) is 12.0 Å². The van der Waals surface area contributed by atoms with Crippen LogP contribution in [0, 0.1) is 10.1 Å². The quantitative estimate of drug-likeness (QED) is 0.351. The van der Waals surface area contributed by atoms with Gasteiger partial charge in [-0.05, 0) is 12.1 Å². The maximum absolute atomic E-state index is 11.0. The van der Waals surface area contributed by atoms with Crippen LogP contribution in [0.3, 0.4) is 0 Å². The van der Waals surface area contributed by atoms with E-state index >= 15 is 0 Å². The van der Waals surface area contributed by atoms with Gasteiger partial charge in [-0.25, -0.2) is 4.79 Å². The van der Waals surface area contributed by atoms with Crippen LogP contribution < -0.4 is 4.74 Å². The van der Waals surface area contributed by atoms with E-state index in [1.807, 2.05) is 0 Å². The first-order valence-electron chi connectivity index (χ1n) is 5.83. The Morgan fingerprint density at radius 1 is 1.43 bits per heavy atom. The number of carbonyl (C=O) groups is 2. The molecule has 1 aromatic carbocycles. The highest BCUT2D eigenvalue weighted by Gasteiger charge is 2.11. The summed E-state index contributed by atoms with van der Waals surface area (Å²) in [5.74, 6) is -1.41. The normalized spacial score (nSPS) is 10.3. The van der Waals surface area contributed by atoms with Crippen molar-refractivity contribution in [1.82, 2.24) is 0 Å². The number of carbonyl (C=O) groups excluding carboxylic acids is 1. The maximum Gasteiger partial charge on any atom is 0.328 e. The van der Waals surface area contributed by atoms with Crippen LogP contribution in [0.15, 0.2) is 24.3 Å². The Morgan fingerprint density at radius 2 is 2.14 bits per heavy atom. The Kier molecular flexibility index (Phi) is 5.87. The fourth-order valence-corrected chi connectivity index (χ4v) is 1.42. The molecule has 0 saturated carbocycles. The summed E-state index contributed by atoms with van der Waals surface area (Å²) in [6.07, 6.45) is 2.03. The second-order valence-electron chi connectivity index (χ2n) is 3.83. The Hall–Kier alpha value is -2.90. The van der Waals surface area contributed by atoms with Crippen LogP contribution in [0.25, 0.3) is 6.08 Å². The first kappa shape index (κ1) is 16.2. The lowest BCUT2D eigenvalue weighted by Gasteiger charge is -2.08. The van der Waals surface area contributed by atoms with Crippen molar-refractivity contribution in [3.8, 4) is 5.75 Å². The van der Waals surface area contributed by atoms with E-state index in [1.165, 1.54) is 31.4 Å². The first-order valence-corrected chi connectivity index (χ1v) is 5.83. The van der Waals surface area contributed by atoms with E-state index in [4.69, 9.17) is 9.84 Å². The number of aliphatic carboxylic acids is 1. The largest absolute Gasteiger partial charge is 0.492 e. The number of esters is 1. The Balaban J connectivity index is 2.92. The standard InChI is InChI=1S/C13H13NO7/c1-20-13(17)6-7-21-11-4-3-10(14(18)19)8-9(11)2-5-12(15)16/h2-5,8H,6-7H2,1H3,(H,15,16). The van der Waals surface area contributed by atoms with Gasteiger partial charge in [0.25, 0.3) is 5.69 Å². The van der Waals surface area contributed by atoms with E-state index in [0.717, 1.165) is 6.08 Å². The van der Waals surface area contributed by atoms with Crippen LogP contribution in [-0.2, 0) is 14.3 Å². The molecule has 1 aromatic rings. The van der Waals surface area contributed by atoms with Crippen molar-refractivity contribution in [2.24, 2.45) is 0 Å². The molecule has 1 rings (SSSR count). The molecule has 0 amide bonds. The van der Waals surface area contributed by atoms with Gasteiger partial charge in [0.2, 0.25) is 0 Å². The molecule has 0 fully saturated rings. The topological polar surface area (TPSA) is 116 Å². The molecule has 0 aliphatic heterocycles. The molecule has 0 heterocycles. The van der Waals surface area contributed by atoms with Gasteiger partial charge in [0.15, 0.2) is 0 Å². The SMILES string of the molecule is COC(=O)CCOc1ccc([N+](=O)[O-])cc1C=CC(=O)O. The molecule has 0 aliphatic carbocycles. The maximum atomic E-state index is 11.0. The van der Waals surface area contributed by atoms with Crippen LogP contribution in [0.2, 0.25) is 0 Å². The van der Waals surface area contributed by atoms with E-state index in [9.17, 15) is 19.7 Å². The van der Waals surface area contributed by atoms with Crippen molar-refractivity contribution in [3.05, 3.63) is 40.0 Å². The third kappa shape index (κ3) is 5.31. The first-order chi connectivity index (χ1) is 9.93. The minimum atomic E-state index is -1.19. The molecule has 21 heavy (non-hydrogen) atoms. The summed E-state index contributed by atoms with van der Waals surface area (Å²) in [4.78, 5) is 31.6. The van der Waals surface area contributed by atoms with Crippen molar-refractivity contribution >= 4 is 23.7 Å². The Bertz CT molecular complexity index is 580. The zero-order valence-electron chi connectivity index (χ0n) is 11.1. The molecule has 0 radical (unpaired) electrons. The Labute approximate surface area is 119 Å². The third-order valence-corrected chi connectivity index (χ3v) is 2.40. The predicted octanol–water partition coefficient (Wildman–Crippen LogP) is 1.63. The highest BCUT2D eigenvalue weighted by molar-refractivity contribution is 5.86. The third-order valence-electron chi connectivity index (χ3n) is 2.40. The molecule has 0 aromatic heterocycles. The summed E-state index contributed by atoms with van der Waals surface area (Å²) in [7, 11) is 1.25. The summed E-state index contributed by atoms with van der Waals surface area (Å²) >= 11 is 0. The molecule has 112 valence electrons. The van der Waals surface area contributed by atoms with Crippen LogP contribution >= 0.6 is 0 Å². The summed E-state index contributed by atoms with van der Waals surface area (Å²) in [5.41, 5.74) is 0.0387. The number of nitrogens with zero attached hydrogens (tertiary/aromatic N) is 1. The average molecular weight is 295 g/mol. The fourth-order valence-electron chi connectivity index (χ4n) is 1.42. The Morgan fingerprint density at radius 3 is 2.71 bits per heavy atom. The number of ether oxygens (including phenoxy) is 2. The van der Waals surface area contributed by atoms with Gasteiger partial charge in [0.05, 0.1) is 25.1 Å². The molecule has 8 heteroatoms. The summed E-state index contributed by atoms with van der Waals surface area (Å²) in [6.45, 7) is 0.0123. The number of nitro benzene ring substituents is 1. The number of methoxy groups -OCH3 is 1. The monoisotopic (exact) mass is 295 g/mol. The summed E-state index contributed by atoms with van der Waals surface area (Å²) < 4.78 is 9.76. The molecule has 1 N–H and O–H groups in total. The molecule has 8 nitrogen and oxygen atoms in total. The lowest BCUT2D eigenvalue weighted by Crippen LogP contribution is -2.08. The smallest absolute Gasteiger partial charge is 0.328 e. The van der Waals surface area contributed by atoms with E-state index < -0.39 is 16.9 Å². The number of rotatable bonds is 7. The molecule has 0 spiro atoms. The average Bonchev–Trinajstić information content (AvgIpc) is 2.45. The van der Waals surface area contributed by atoms with Gasteiger partial charge in [-0.15, -0.1) is 0 Å². The second-order valence-corrected chi connectivity index (χ2v) is 3.83. The number of non-ortho nitro benzene ring substituents is 1. The van der Waals surface area contributed by atoms with Crippen LogP contribution in [0.5, 0.6) is 5.75 Å². The fraction of sp³-hybridized carbons (Fsp3) is 0.231. The molecular formula is C13H13NO7. The number of carboxylic acid groups (broad SMARTS) is 1. The number of hydrogen-bond acceptors (Lipinski definition) is 6. The van der Waals surface area contributed by atoms with E-state index in [-0.39, 0.29) is 30.0 Å². The van der Waals surface area contributed by atoms with Crippen molar-refractivity contribution < 1.29 is 29.1 Å². The number of hydrogen-bond donors (Lipinski definition) is 1. The molecule has 0 saturated heterocycles. The summed E-state index contributed by atoms with van der Waals surface area (Å²) in [6, 6.07) is 3.76. The minimum absolute atomic E-state index is 0.00950.